The fourth-order valence-electron chi connectivity index (χ4n) is 3.93. The summed E-state index contributed by atoms with van der Waals surface area (Å²) in [4.78, 5) is 35.8. The Kier molecular flexibility index (Phi) is 7.82. The lowest BCUT2D eigenvalue weighted by molar-refractivity contribution is -0.385. The number of nitro groups is 1. The van der Waals surface area contributed by atoms with Gasteiger partial charge in [-0.3, -0.25) is 14.9 Å². The molecular weight excluding hydrogens is 484 g/mol. The van der Waals surface area contributed by atoms with Crippen LogP contribution in [0.5, 0.6) is 11.5 Å². The highest BCUT2D eigenvalue weighted by Gasteiger charge is 2.24. The average molecular weight is 511 g/mol. The van der Waals surface area contributed by atoms with Crippen LogP contribution in [0.1, 0.15) is 27.0 Å². The van der Waals surface area contributed by atoms with E-state index in [4.69, 9.17) is 4.74 Å². The molecule has 0 aliphatic heterocycles. The highest BCUT2D eigenvalue weighted by atomic mass is 16.6. The average Bonchev–Trinajstić information content (AvgIpc) is 2.91. The predicted molar refractivity (Wildman–Crippen MR) is 144 cm³/mol. The molecule has 1 atom stereocenters. The quantitative estimate of drug-likeness (QED) is 0.208. The Morgan fingerprint density at radius 2 is 1.58 bits per heavy atom. The first-order valence-electron chi connectivity index (χ1n) is 11.9. The number of carboxylic acid groups (broad SMARTS) is 1. The molecule has 0 heterocycles. The van der Waals surface area contributed by atoms with E-state index in [1.54, 1.807) is 12.1 Å². The van der Waals surface area contributed by atoms with E-state index in [1.807, 2.05) is 74.5 Å². The summed E-state index contributed by atoms with van der Waals surface area (Å²) in [6.07, 6.45) is 0.0478. The van der Waals surface area contributed by atoms with E-state index >= 15 is 0 Å². The highest BCUT2D eigenvalue weighted by molar-refractivity contribution is 5.97. The molecule has 0 aliphatic carbocycles. The number of rotatable bonds is 9. The van der Waals surface area contributed by atoms with Crippen LogP contribution < -0.4 is 10.1 Å². The highest BCUT2D eigenvalue weighted by Crippen LogP contribution is 2.33. The number of nitro benzene ring substituents is 1. The van der Waals surface area contributed by atoms with E-state index < -0.39 is 28.5 Å². The first kappa shape index (κ1) is 26.1. The zero-order valence-corrected chi connectivity index (χ0v) is 20.9. The molecule has 4 aromatic carbocycles. The summed E-state index contributed by atoms with van der Waals surface area (Å²) in [5, 5.41) is 23.9. The maximum atomic E-state index is 12.9. The molecule has 0 aliphatic rings. The SMILES string of the molecule is Cc1ccc(Oc2ccc(C(=O)NC(Cc3ccc(-c4ccccc4)cc3)C(=O)O)cc2[N+](=O)[O-])cc1C. The molecule has 8 nitrogen and oxygen atoms in total. The number of carbonyl (C=O) groups excluding carboxylic acids is 1. The van der Waals surface area contributed by atoms with Gasteiger partial charge in [0.25, 0.3) is 5.91 Å². The zero-order chi connectivity index (χ0) is 27.2. The molecule has 0 bridgehead atoms. The fraction of sp³-hybridized carbons (Fsp3) is 0.133. The molecule has 0 aromatic heterocycles. The molecule has 8 heteroatoms. The van der Waals surface area contributed by atoms with E-state index in [-0.39, 0.29) is 17.7 Å². The molecule has 4 aromatic rings. The maximum absolute atomic E-state index is 12.9. The van der Waals surface area contributed by atoms with Crippen molar-refractivity contribution in [3.8, 4) is 22.6 Å². The van der Waals surface area contributed by atoms with Crippen molar-refractivity contribution in [2.75, 3.05) is 0 Å². The largest absolute Gasteiger partial charge is 0.480 e. The topological polar surface area (TPSA) is 119 Å². The summed E-state index contributed by atoms with van der Waals surface area (Å²) >= 11 is 0. The number of aliphatic carboxylic acids is 1. The third-order valence-electron chi connectivity index (χ3n) is 6.23. The van der Waals surface area contributed by atoms with Gasteiger partial charge < -0.3 is 15.2 Å². The third-order valence-corrected chi connectivity index (χ3v) is 6.23. The Labute approximate surface area is 219 Å². The van der Waals surface area contributed by atoms with Crippen molar-refractivity contribution in [3.05, 3.63) is 123 Å². The van der Waals surface area contributed by atoms with E-state index in [9.17, 15) is 24.8 Å². The van der Waals surface area contributed by atoms with Gasteiger partial charge in [0, 0.05) is 18.1 Å². The van der Waals surface area contributed by atoms with Crippen LogP contribution in [0.25, 0.3) is 11.1 Å². The van der Waals surface area contributed by atoms with Gasteiger partial charge in [-0.2, -0.15) is 0 Å². The number of ether oxygens (including phenoxy) is 1. The van der Waals surface area contributed by atoms with Gasteiger partial charge in [0.05, 0.1) is 4.92 Å². The number of carboxylic acids is 1. The van der Waals surface area contributed by atoms with E-state index in [0.29, 0.717) is 5.75 Å². The Morgan fingerprint density at radius 1 is 0.895 bits per heavy atom. The molecule has 0 saturated carbocycles. The molecule has 0 fully saturated rings. The Hall–Kier alpha value is -4.98. The second-order valence-corrected chi connectivity index (χ2v) is 8.92. The van der Waals surface area contributed by atoms with Gasteiger partial charge in [-0.15, -0.1) is 0 Å². The summed E-state index contributed by atoms with van der Waals surface area (Å²) in [6.45, 7) is 3.85. The van der Waals surface area contributed by atoms with Crippen molar-refractivity contribution in [1.82, 2.24) is 5.32 Å². The van der Waals surface area contributed by atoms with Crippen molar-refractivity contribution >= 4 is 17.6 Å². The molecule has 0 saturated heterocycles. The second kappa shape index (κ2) is 11.4. The molecule has 1 unspecified atom stereocenters. The van der Waals surface area contributed by atoms with Crippen LogP contribution in [0.15, 0.2) is 91.0 Å². The zero-order valence-electron chi connectivity index (χ0n) is 20.9. The van der Waals surface area contributed by atoms with Gasteiger partial charge >= 0.3 is 11.7 Å². The number of aryl methyl sites for hydroxylation is 2. The summed E-state index contributed by atoms with van der Waals surface area (Å²) in [5.41, 5.74) is 4.32. The number of benzene rings is 4. The van der Waals surface area contributed by atoms with Crippen molar-refractivity contribution in [2.24, 2.45) is 0 Å². The number of amides is 1. The number of carbonyl (C=O) groups is 2. The van der Waals surface area contributed by atoms with Gasteiger partial charge in [0.15, 0.2) is 0 Å². The molecule has 38 heavy (non-hydrogen) atoms. The van der Waals surface area contributed by atoms with Crippen molar-refractivity contribution in [3.63, 3.8) is 0 Å². The van der Waals surface area contributed by atoms with E-state index in [0.717, 1.165) is 33.9 Å². The smallest absolute Gasteiger partial charge is 0.326 e. The number of hydrogen-bond donors (Lipinski definition) is 2. The van der Waals surface area contributed by atoms with Gasteiger partial charge in [-0.05, 0) is 65.9 Å². The molecular formula is C30H26N2O6. The Balaban J connectivity index is 1.49. The van der Waals surface area contributed by atoms with Crippen LogP contribution in [-0.2, 0) is 11.2 Å². The minimum atomic E-state index is -1.23. The van der Waals surface area contributed by atoms with Crippen LogP contribution in [0.3, 0.4) is 0 Å². The van der Waals surface area contributed by atoms with Gasteiger partial charge in [-0.25, -0.2) is 4.79 Å². The molecule has 192 valence electrons. The van der Waals surface area contributed by atoms with Crippen LogP contribution >= 0.6 is 0 Å². The van der Waals surface area contributed by atoms with E-state index in [1.165, 1.54) is 12.1 Å². The Bertz CT molecular complexity index is 1480. The summed E-state index contributed by atoms with van der Waals surface area (Å²) in [7, 11) is 0. The molecule has 4 rings (SSSR count). The minimum absolute atomic E-state index is 0.0249. The van der Waals surface area contributed by atoms with Crippen molar-refractivity contribution in [2.45, 2.75) is 26.3 Å². The molecule has 2 N–H and O–H groups in total. The van der Waals surface area contributed by atoms with Crippen LogP contribution in [0, 0.1) is 24.0 Å². The number of nitrogens with zero attached hydrogens (tertiary/aromatic N) is 1. The monoisotopic (exact) mass is 510 g/mol. The summed E-state index contributed by atoms with van der Waals surface area (Å²) in [6, 6.07) is 25.0. The minimum Gasteiger partial charge on any atom is -0.480 e. The summed E-state index contributed by atoms with van der Waals surface area (Å²) < 4.78 is 5.71. The maximum Gasteiger partial charge on any atom is 0.326 e. The predicted octanol–water partition coefficient (Wildman–Crippen LogP) is 6.10. The lowest BCUT2D eigenvalue weighted by Gasteiger charge is -2.15. The second-order valence-electron chi connectivity index (χ2n) is 8.92. The first-order valence-corrected chi connectivity index (χ1v) is 11.9. The molecule has 0 spiro atoms. The Morgan fingerprint density at radius 3 is 2.21 bits per heavy atom. The van der Waals surface area contributed by atoms with E-state index in [2.05, 4.69) is 5.32 Å². The van der Waals surface area contributed by atoms with Crippen LogP contribution in [0.4, 0.5) is 5.69 Å². The van der Waals surface area contributed by atoms with Gasteiger partial charge in [-0.1, -0.05) is 60.7 Å². The number of hydrogen-bond acceptors (Lipinski definition) is 5. The molecule has 0 radical (unpaired) electrons. The van der Waals surface area contributed by atoms with Gasteiger partial charge in [0.2, 0.25) is 5.75 Å². The lowest BCUT2D eigenvalue weighted by Crippen LogP contribution is -2.42. The van der Waals surface area contributed by atoms with Crippen molar-refractivity contribution < 1.29 is 24.4 Å². The fourth-order valence-corrected chi connectivity index (χ4v) is 3.93. The molecule has 1 amide bonds. The first-order chi connectivity index (χ1) is 18.2. The lowest BCUT2D eigenvalue weighted by atomic mass is 10.0. The number of nitrogens with one attached hydrogen (secondary N) is 1. The summed E-state index contributed by atoms with van der Waals surface area (Å²) in [5.74, 6) is -1.55. The van der Waals surface area contributed by atoms with Crippen molar-refractivity contribution in [1.29, 1.82) is 0 Å². The third kappa shape index (κ3) is 6.22. The standard InChI is InChI=1S/C30H26N2O6/c1-19-8-14-25(16-20(19)2)38-28-15-13-24(18-27(28)32(36)37)29(33)31-26(30(34)35)17-21-9-11-23(12-10-21)22-6-4-3-5-7-22/h3-16,18,26H,17H2,1-2H3,(H,31,33)(H,34,35). The normalized spacial score (nSPS) is 11.4. The van der Waals surface area contributed by atoms with Crippen LogP contribution in [0.2, 0.25) is 0 Å². The van der Waals surface area contributed by atoms with Crippen LogP contribution in [-0.4, -0.2) is 27.9 Å². The van der Waals surface area contributed by atoms with Gasteiger partial charge in [0.1, 0.15) is 11.8 Å².